The van der Waals surface area contributed by atoms with E-state index in [9.17, 15) is 5.11 Å². The van der Waals surface area contributed by atoms with Crippen LogP contribution in [0.25, 0.3) is 0 Å². The first-order chi connectivity index (χ1) is 9.55. The predicted octanol–water partition coefficient (Wildman–Crippen LogP) is 3.86. The average Bonchev–Trinajstić information content (AvgIpc) is 2.48. The highest BCUT2D eigenvalue weighted by Gasteiger charge is 2.14. The standard InChI is InChI=1S/C16H17BrO3/c1-10-6-11(4-5-15(10)17)16(18)12-7-13(19-2)9-14(8-12)20-3/h4-9,16,18H,1-3H3. The van der Waals surface area contributed by atoms with Crippen molar-refractivity contribution in [2.45, 2.75) is 13.0 Å². The Morgan fingerprint density at radius 2 is 1.55 bits per heavy atom. The number of benzene rings is 2. The van der Waals surface area contributed by atoms with Crippen LogP contribution in [0.4, 0.5) is 0 Å². The Hall–Kier alpha value is -1.52. The van der Waals surface area contributed by atoms with Crippen LogP contribution < -0.4 is 9.47 Å². The summed E-state index contributed by atoms with van der Waals surface area (Å²) in [6.07, 6.45) is -0.717. The number of ether oxygens (including phenoxy) is 2. The summed E-state index contributed by atoms with van der Waals surface area (Å²) in [6, 6.07) is 11.2. The van der Waals surface area contributed by atoms with Gasteiger partial charge in [0.2, 0.25) is 0 Å². The number of rotatable bonds is 4. The fourth-order valence-corrected chi connectivity index (χ4v) is 2.26. The Labute approximate surface area is 127 Å². The van der Waals surface area contributed by atoms with Gasteiger partial charge in [-0.2, -0.15) is 0 Å². The number of aryl methyl sites for hydroxylation is 1. The van der Waals surface area contributed by atoms with Crippen LogP contribution in [0, 0.1) is 6.92 Å². The second-order valence-electron chi connectivity index (χ2n) is 4.56. The van der Waals surface area contributed by atoms with Crippen molar-refractivity contribution in [2.24, 2.45) is 0 Å². The third-order valence-corrected chi connectivity index (χ3v) is 4.08. The highest BCUT2D eigenvalue weighted by Crippen LogP contribution is 2.31. The summed E-state index contributed by atoms with van der Waals surface area (Å²) in [6.45, 7) is 1.99. The van der Waals surface area contributed by atoms with Crippen LogP contribution in [0.2, 0.25) is 0 Å². The maximum absolute atomic E-state index is 10.5. The van der Waals surface area contributed by atoms with E-state index in [1.54, 1.807) is 20.3 Å². The van der Waals surface area contributed by atoms with Crippen molar-refractivity contribution in [1.29, 1.82) is 0 Å². The number of methoxy groups -OCH3 is 2. The van der Waals surface area contributed by atoms with Gasteiger partial charge in [-0.3, -0.25) is 0 Å². The fourth-order valence-electron chi connectivity index (χ4n) is 2.02. The minimum absolute atomic E-state index is 0.659. The monoisotopic (exact) mass is 336 g/mol. The first-order valence-corrected chi connectivity index (χ1v) is 7.01. The minimum Gasteiger partial charge on any atom is -0.497 e. The van der Waals surface area contributed by atoms with Crippen LogP contribution in [0.15, 0.2) is 40.9 Å². The van der Waals surface area contributed by atoms with Crippen LogP contribution in [-0.4, -0.2) is 19.3 Å². The normalized spacial score (nSPS) is 12.1. The lowest BCUT2D eigenvalue weighted by molar-refractivity contribution is 0.219. The van der Waals surface area contributed by atoms with Crippen LogP contribution in [0.1, 0.15) is 22.8 Å². The molecule has 0 bridgehead atoms. The molecular formula is C16H17BrO3. The lowest BCUT2D eigenvalue weighted by Gasteiger charge is -2.15. The Balaban J connectivity index is 2.41. The Morgan fingerprint density at radius 3 is 2.05 bits per heavy atom. The molecule has 2 rings (SSSR count). The van der Waals surface area contributed by atoms with E-state index in [1.807, 2.05) is 37.3 Å². The molecule has 2 aromatic rings. The second-order valence-corrected chi connectivity index (χ2v) is 5.41. The van der Waals surface area contributed by atoms with Gasteiger partial charge in [0.1, 0.15) is 17.6 Å². The third-order valence-electron chi connectivity index (χ3n) is 3.19. The van der Waals surface area contributed by atoms with Crippen molar-refractivity contribution in [3.05, 3.63) is 57.6 Å². The molecular weight excluding hydrogens is 320 g/mol. The fraction of sp³-hybridized carbons (Fsp3) is 0.250. The Kier molecular flexibility index (Phi) is 4.68. The quantitative estimate of drug-likeness (QED) is 0.921. The molecule has 2 aromatic carbocycles. The molecule has 0 saturated heterocycles. The second kappa shape index (κ2) is 6.29. The van der Waals surface area contributed by atoms with Gasteiger partial charge in [-0.05, 0) is 41.8 Å². The zero-order chi connectivity index (χ0) is 14.7. The van der Waals surface area contributed by atoms with Gasteiger partial charge in [-0.25, -0.2) is 0 Å². The predicted molar refractivity (Wildman–Crippen MR) is 82.5 cm³/mol. The summed E-state index contributed by atoms with van der Waals surface area (Å²) in [5, 5.41) is 10.5. The summed E-state index contributed by atoms with van der Waals surface area (Å²) in [7, 11) is 3.18. The molecule has 0 aliphatic carbocycles. The lowest BCUT2D eigenvalue weighted by atomic mass is 9.99. The molecule has 3 nitrogen and oxygen atoms in total. The summed E-state index contributed by atoms with van der Waals surface area (Å²) >= 11 is 3.46. The van der Waals surface area contributed by atoms with E-state index in [0.717, 1.165) is 21.2 Å². The van der Waals surface area contributed by atoms with Gasteiger partial charge in [0.25, 0.3) is 0 Å². The maximum Gasteiger partial charge on any atom is 0.122 e. The number of aliphatic hydroxyl groups is 1. The Morgan fingerprint density at radius 1 is 0.950 bits per heavy atom. The van der Waals surface area contributed by atoms with Crippen LogP contribution in [0.5, 0.6) is 11.5 Å². The molecule has 1 atom stereocenters. The lowest BCUT2D eigenvalue weighted by Crippen LogP contribution is -2.01. The summed E-state index contributed by atoms with van der Waals surface area (Å²) in [4.78, 5) is 0. The number of halogens is 1. The van der Waals surface area contributed by atoms with Crippen molar-refractivity contribution < 1.29 is 14.6 Å². The molecule has 1 N–H and O–H groups in total. The molecule has 0 aliphatic heterocycles. The van der Waals surface area contributed by atoms with E-state index in [-0.39, 0.29) is 0 Å². The molecule has 4 heteroatoms. The molecule has 0 radical (unpaired) electrons. The van der Waals surface area contributed by atoms with E-state index >= 15 is 0 Å². The largest absolute Gasteiger partial charge is 0.497 e. The molecule has 1 unspecified atom stereocenters. The number of hydrogen-bond donors (Lipinski definition) is 1. The molecule has 0 aromatic heterocycles. The van der Waals surface area contributed by atoms with E-state index in [1.165, 1.54) is 0 Å². The average molecular weight is 337 g/mol. The zero-order valence-corrected chi connectivity index (χ0v) is 13.3. The summed E-state index contributed by atoms with van der Waals surface area (Å²) < 4.78 is 11.5. The minimum atomic E-state index is -0.717. The molecule has 0 spiro atoms. The van der Waals surface area contributed by atoms with Gasteiger partial charge in [0.05, 0.1) is 14.2 Å². The summed E-state index contributed by atoms with van der Waals surface area (Å²) in [5.74, 6) is 1.32. The van der Waals surface area contributed by atoms with E-state index in [4.69, 9.17) is 9.47 Å². The van der Waals surface area contributed by atoms with Gasteiger partial charge in [0.15, 0.2) is 0 Å². The smallest absolute Gasteiger partial charge is 0.122 e. The molecule has 0 fully saturated rings. The van der Waals surface area contributed by atoms with E-state index in [2.05, 4.69) is 15.9 Å². The molecule has 0 heterocycles. The van der Waals surface area contributed by atoms with Crippen LogP contribution in [-0.2, 0) is 0 Å². The van der Waals surface area contributed by atoms with Gasteiger partial charge in [-0.15, -0.1) is 0 Å². The van der Waals surface area contributed by atoms with Crippen LogP contribution >= 0.6 is 15.9 Å². The first kappa shape index (κ1) is 14.9. The zero-order valence-electron chi connectivity index (χ0n) is 11.7. The molecule has 0 aliphatic rings. The molecule has 106 valence electrons. The highest BCUT2D eigenvalue weighted by atomic mass is 79.9. The van der Waals surface area contributed by atoms with Gasteiger partial charge >= 0.3 is 0 Å². The van der Waals surface area contributed by atoms with Crippen molar-refractivity contribution in [2.75, 3.05) is 14.2 Å². The molecule has 0 saturated carbocycles. The van der Waals surface area contributed by atoms with E-state index in [0.29, 0.717) is 11.5 Å². The maximum atomic E-state index is 10.5. The highest BCUT2D eigenvalue weighted by molar-refractivity contribution is 9.10. The number of aliphatic hydroxyl groups excluding tert-OH is 1. The molecule has 0 amide bonds. The number of hydrogen-bond acceptors (Lipinski definition) is 3. The third kappa shape index (κ3) is 3.14. The van der Waals surface area contributed by atoms with Gasteiger partial charge in [0, 0.05) is 10.5 Å². The van der Waals surface area contributed by atoms with Crippen molar-refractivity contribution in [1.82, 2.24) is 0 Å². The van der Waals surface area contributed by atoms with Crippen LogP contribution in [0.3, 0.4) is 0 Å². The van der Waals surface area contributed by atoms with Crippen molar-refractivity contribution >= 4 is 15.9 Å². The van der Waals surface area contributed by atoms with Crippen molar-refractivity contribution in [3.8, 4) is 11.5 Å². The van der Waals surface area contributed by atoms with Gasteiger partial charge in [-0.1, -0.05) is 28.1 Å². The molecule has 20 heavy (non-hydrogen) atoms. The summed E-state index contributed by atoms with van der Waals surface area (Å²) in [5.41, 5.74) is 2.65. The SMILES string of the molecule is COc1cc(OC)cc(C(O)c2ccc(Br)c(C)c2)c1. The first-order valence-electron chi connectivity index (χ1n) is 6.22. The Bertz CT molecular complexity index is 588. The topological polar surface area (TPSA) is 38.7 Å². The van der Waals surface area contributed by atoms with E-state index < -0.39 is 6.10 Å². The van der Waals surface area contributed by atoms with Gasteiger partial charge < -0.3 is 14.6 Å². The van der Waals surface area contributed by atoms with Crippen molar-refractivity contribution in [3.63, 3.8) is 0 Å².